The molecule has 126 valence electrons. The molecule has 0 aliphatic carbocycles. The number of methoxy groups -OCH3 is 1. The molecule has 1 N–H and O–H groups in total. The zero-order valence-electron chi connectivity index (χ0n) is 13.1. The van der Waals surface area contributed by atoms with Crippen LogP contribution in [0.3, 0.4) is 0 Å². The minimum absolute atomic E-state index is 0.221. The van der Waals surface area contributed by atoms with Gasteiger partial charge in [0.05, 0.1) is 13.5 Å². The van der Waals surface area contributed by atoms with E-state index in [2.05, 4.69) is 10.1 Å². The molecule has 0 fully saturated rings. The number of amides is 1. The lowest BCUT2D eigenvalue weighted by Gasteiger charge is -2.17. The van der Waals surface area contributed by atoms with Gasteiger partial charge in [0.1, 0.15) is 17.7 Å². The third-order valence-electron chi connectivity index (χ3n) is 3.50. The quantitative estimate of drug-likeness (QED) is 0.826. The van der Waals surface area contributed by atoms with Gasteiger partial charge in [-0.25, -0.2) is 13.6 Å². The summed E-state index contributed by atoms with van der Waals surface area (Å²) in [6, 6.07) is 11.5. The Balaban J connectivity index is 2.08. The zero-order valence-corrected chi connectivity index (χ0v) is 13.1. The predicted octanol–water partition coefficient (Wildman–Crippen LogP) is 2.41. The van der Waals surface area contributed by atoms with Crippen molar-refractivity contribution >= 4 is 11.9 Å². The monoisotopic (exact) mass is 333 g/mol. The summed E-state index contributed by atoms with van der Waals surface area (Å²) in [7, 11) is 1.21. The molecule has 0 saturated heterocycles. The fourth-order valence-electron chi connectivity index (χ4n) is 2.29. The summed E-state index contributed by atoms with van der Waals surface area (Å²) in [4.78, 5) is 23.9. The van der Waals surface area contributed by atoms with E-state index in [0.29, 0.717) is 0 Å². The second-order valence-corrected chi connectivity index (χ2v) is 5.21. The first-order valence-corrected chi connectivity index (χ1v) is 7.35. The second kappa shape index (κ2) is 8.19. The second-order valence-electron chi connectivity index (χ2n) is 5.21. The molecule has 0 aromatic heterocycles. The lowest BCUT2D eigenvalue weighted by molar-refractivity contribution is -0.145. The maximum atomic E-state index is 13.6. The normalized spacial score (nSPS) is 11.6. The van der Waals surface area contributed by atoms with E-state index in [0.717, 1.165) is 17.7 Å². The summed E-state index contributed by atoms with van der Waals surface area (Å²) >= 11 is 0. The van der Waals surface area contributed by atoms with Crippen LogP contribution in [0.15, 0.2) is 48.5 Å². The molecule has 0 aliphatic heterocycles. The molecule has 0 spiro atoms. The molecular weight excluding hydrogens is 316 g/mol. The Kier molecular flexibility index (Phi) is 6.01. The van der Waals surface area contributed by atoms with Crippen LogP contribution in [0.5, 0.6) is 0 Å². The molecule has 6 heteroatoms. The first-order chi connectivity index (χ1) is 11.5. The Morgan fingerprint density at radius 3 is 2.25 bits per heavy atom. The molecule has 1 amide bonds. The maximum Gasteiger partial charge on any atom is 0.328 e. The first-order valence-electron chi connectivity index (χ1n) is 7.35. The summed E-state index contributed by atoms with van der Waals surface area (Å²) in [5.74, 6) is -2.89. The third-order valence-corrected chi connectivity index (χ3v) is 3.50. The number of rotatable bonds is 6. The van der Waals surface area contributed by atoms with Gasteiger partial charge in [0.15, 0.2) is 0 Å². The van der Waals surface area contributed by atoms with Crippen LogP contribution in [0.4, 0.5) is 8.78 Å². The summed E-state index contributed by atoms with van der Waals surface area (Å²) in [5.41, 5.74) is 0.489. The van der Waals surface area contributed by atoms with E-state index in [1.165, 1.54) is 13.2 Å². The number of esters is 1. The van der Waals surface area contributed by atoms with Crippen molar-refractivity contribution in [2.24, 2.45) is 0 Å². The van der Waals surface area contributed by atoms with Crippen LogP contribution in [0.2, 0.25) is 0 Å². The molecular formula is C18H17F2NO3. The van der Waals surface area contributed by atoms with Crippen LogP contribution in [-0.2, 0) is 27.2 Å². The molecule has 2 aromatic rings. The first kappa shape index (κ1) is 17.6. The van der Waals surface area contributed by atoms with E-state index in [1.807, 2.05) is 6.07 Å². The number of hydrogen-bond acceptors (Lipinski definition) is 3. The van der Waals surface area contributed by atoms with Gasteiger partial charge in [-0.15, -0.1) is 0 Å². The molecule has 0 heterocycles. The van der Waals surface area contributed by atoms with Gasteiger partial charge in [0, 0.05) is 12.0 Å². The van der Waals surface area contributed by atoms with Crippen molar-refractivity contribution < 1.29 is 23.1 Å². The minimum atomic E-state index is -0.931. The zero-order chi connectivity index (χ0) is 17.5. The van der Waals surface area contributed by atoms with Crippen molar-refractivity contribution in [1.29, 1.82) is 0 Å². The van der Waals surface area contributed by atoms with E-state index < -0.39 is 36.0 Å². The molecule has 0 radical (unpaired) electrons. The third kappa shape index (κ3) is 4.62. The molecule has 0 bridgehead atoms. The smallest absolute Gasteiger partial charge is 0.328 e. The van der Waals surface area contributed by atoms with Crippen LogP contribution < -0.4 is 5.32 Å². The lowest BCUT2D eigenvalue weighted by atomic mass is 10.0. The molecule has 2 rings (SSSR count). The van der Waals surface area contributed by atoms with Gasteiger partial charge in [-0.05, 0) is 17.7 Å². The van der Waals surface area contributed by atoms with Gasteiger partial charge < -0.3 is 10.1 Å². The molecule has 1 atom stereocenters. The highest BCUT2D eigenvalue weighted by atomic mass is 19.1. The van der Waals surface area contributed by atoms with Crippen LogP contribution in [0, 0.1) is 11.6 Å². The van der Waals surface area contributed by atoms with E-state index in [-0.39, 0.29) is 12.0 Å². The molecule has 0 unspecified atom stereocenters. The molecule has 2 aromatic carbocycles. The Bertz CT molecular complexity index is 699. The molecule has 4 nitrogen and oxygen atoms in total. The van der Waals surface area contributed by atoms with E-state index in [4.69, 9.17) is 0 Å². The van der Waals surface area contributed by atoms with Crippen molar-refractivity contribution in [1.82, 2.24) is 5.32 Å². The summed E-state index contributed by atoms with van der Waals surface area (Å²) < 4.78 is 31.9. The molecule has 0 aliphatic rings. The van der Waals surface area contributed by atoms with Crippen LogP contribution in [-0.4, -0.2) is 25.0 Å². The number of carbonyl (C=O) groups excluding carboxylic acids is 2. The fourth-order valence-corrected chi connectivity index (χ4v) is 2.29. The van der Waals surface area contributed by atoms with Gasteiger partial charge in [-0.1, -0.05) is 36.4 Å². The number of nitrogens with one attached hydrogen (secondary N) is 1. The van der Waals surface area contributed by atoms with E-state index in [9.17, 15) is 18.4 Å². The standard InChI is InChI=1S/C18H17F2NO3/c1-24-18(23)16(10-12-6-3-2-4-7-12)21-17(22)11-13-14(19)8-5-9-15(13)20/h2-9,16H,10-11H2,1H3,(H,21,22)/t16-/m0/s1. The van der Waals surface area contributed by atoms with E-state index >= 15 is 0 Å². The van der Waals surface area contributed by atoms with E-state index in [1.54, 1.807) is 24.3 Å². The number of benzene rings is 2. The Morgan fingerprint density at radius 1 is 1.04 bits per heavy atom. The van der Waals surface area contributed by atoms with Crippen LogP contribution in [0.25, 0.3) is 0 Å². The average Bonchev–Trinajstić information content (AvgIpc) is 2.58. The Morgan fingerprint density at radius 2 is 1.67 bits per heavy atom. The minimum Gasteiger partial charge on any atom is -0.467 e. The van der Waals surface area contributed by atoms with Crippen LogP contribution >= 0.6 is 0 Å². The average molecular weight is 333 g/mol. The number of carbonyl (C=O) groups is 2. The van der Waals surface area contributed by atoms with Crippen molar-refractivity contribution in [3.8, 4) is 0 Å². The highest BCUT2D eigenvalue weighted by Crippen LogP contribution is 2.13. The number of halogens is 2. The predicted molar refractivity (Wildman–Crippen MR) is 84.2 cm³/mol. The lowest BCUT2D eigenvalue weighted by Crippen LogP contribution is -2.43. The number of hydrogen-bond donors (Lipinski definition) is 1. The summed E-state index contributed by atoms with van der Waals surface area (Å²) in [6.45, 7) is 0. The Hall–Kier alpha value is -2.76. The van der Waals surface area contributed by atoms with Crippen molar-refractivity contribution in [3.63, 3.8) is 0 Å². The summed E-state index contributed by atoms with van der Waals surface area (Å²) in [5, 5.41) is 2.47. The van der Waals surface area contributed by atoms with Gasteiger partial charge >= 0.3 is 5.97 Å². The van der Waals surface area contributed by atoms with Crippen molar-refractivity contribution in [2.45, 2.75) is 18.9 Å². The van der Waals surface area contributed by atoms with Gasteiger partial charge in [0.25, 0.3) is 0 Å². The van der Waals surface area contributed by atoms with Crippen molar-refractivity contribution in [3.05, 3.63) is 71.3 Å². The summed E-state index contributed by atoms with van der Waals surface area (Å²) in [6.07, 6.45) is -0.278. The highest BCUT2D eigenvalue weighted by Gasteiger charge is 2.23. The van der Waals surface area contributed by atoms with Gasteiger partial charge in [0.2, 0.25) is 5.91 Å². The van der Waals surface area contributed by atoms with Crippen molar-refractivity contribution in [2.75, 3.05) is 7.11 Å². The maximum absolute atomic E-state index is 13.6. The molecule has 24 heavy (non-hydrogen) atoms. The number of ether oxygens (including phenoxy) is 1. The highest BCUT2D eigenvalue weighted by molar-refractivity contribution is 5.85. The van der Waals surface area contributed by atoms with Gasteiger partial charge in [-0.3, -0.25) is 4.79 Å². The SMILES string of the molecule is COC(=O)[C@H](Cc1ccccc1)NC(=O)Cc1c(F)cccc1F. The molecule has 0 saturated carbocycles. The largest absolute Gasteiger partial charge is 0.467 e. The topological polar surface area (TPSA) is 55.4 Å². The fraction of sp³-hybridized carbons (Fsp3) is 0.222. The van der Waals surface area contributed by atoms with Gasteiger partial charge in [-0.2, -0.15) is 0 Å². The van der Waals surface area contributed by atoms with Crippen LogP contribution in [0.1, 0.15) is 11.1 Å². The Labute approximate surface area is 138 Å².